The van der Waals surface area contributed by atoms with Gasteiger partial charge in [-0.1, -0.05) is 28.1 Å². The van der Waals surface area contributed by atoms with Gasteiger partial charge in [-0.2, -0.15) is 5.26 Å². The molecule has 0 saturated heterocycles. The highest BCUT2D eigenvalue weighted by Crippen LogP contribution is 2.23. The molecule has 3 N–H and O–H groups in total. The second-order valence-electron chi connectivity index (χ2n) is 3.89. The third-order valence-electron chi connectivity index (χ3n) is 2.58. The van der Waals surface area contributed by atoms with E-state index in [0.717, 1.165) is 15.7 Å². The van der Waals surface area contributed by atoms with E-state index in [2.05, 4.69) is 27.3 Å². The van der Waals surface area contributed by atoms with E-state index in [4.69, 9.17) is 11.0 Å². The van der Waals surface area contributed by atoms with Gasteiger partial charge in [0.2, 0.25) is 0 Å². The molecule has 0 spiro atoms. The van der Waals surface area contributed by atoms with E-state index in [9.17, 15) is 0 Å². The van der Waals surface area contributed by atoms with Crippen molar-refractivity contribution in [2.24, 2.45) is 0 Å². The standard InChI is InChI=1S/C14H12BrN3/c15-12-5-6-13(17)14(7-12)18-9-11-3-1-10(8-16)2-4-11/h1-7,18H,9,17H2. The quantitative estimate of drug-likeness (QED) is 0.853. The third-order valence-corrected chi connectivity index (χ3v) is 3.07. The van der Waals surface area contributed by atoms with E-state index >= 15 is 0 Å². The summed E-state index contributed by atoms with van der Waals surface area (Å²) in [6, 6.07) is 15.3. The van der Waals surface area contributed by atoms with Gasteiger partial charge in [0.1, 0.15) is 0 Å². The van der Waals surface area contributed by atoms with E-state index in [1.807, 2.05) is 30.3 Å². The first kappa shape index (κ1) is 12.5. The number of hydrogen-bond donors (Lipinski definition) is 2. The van der Waals surface area contributed by atoms with E-state index < -0.39 is 0 Å². The summed E-state index contributed by atoms with van der Waals surface area (Å²) in [6.07, 6.45) is 0. The number of benzene rings is 2. The second kappa shape index (κ2) is 5.56. The molecule has 0 fully saturated rings. The van der Waals surface area contributed by atoms with Gasteiger partial charge < -0.3 is 11.1 Å². The maximum atomic E-state index is 8.72. The van der Waals surface area contributed by atoms with Crippen molar-refractivity contribution in [3.8, 4) is 6.07 Å². The van der Waals surface area contributed by atoms with Crippen molar-refractivity contribution in [2.75, 3.05) is 11.1 Å². The van der Waals surface area contributed by atoms with Gasteiger partial charge in [-0.15, -0.1) is 0 Å². The average Bonchev–Trinajstić information content (AvgIpc) is 2.40. The van der Waals surface area contributed by atoms with Crippen molar-refractivity contribution < 1.29 is 0 Å². The van der Waals surface area contributed by atoms with Gasteiger partial charge >= 0.3 is 0 Å². The lowest BCUT2D eigenvalue weighted by atomic mass is 10.1. The first-order valence-corrected chi connectivity index (χ1v) is 6.26. The van der Waals surface area contributed by atoms with Crippen LogP contribution in [0.5, 0.6) is 0 Å². The summed E-state index contributed by atoms with van der Waals surface area (Å²) in [5, 5.41) is 12.0. The van der Waals surface area contributed by atoms with Gasteiger partial charge in [0.05, 0.1) is 23.0 Å². The molecule has 4 heteroatoms. The summed E-state index contributed by atoms with van der Waals surface area (Å²) >= 11 is 3.41. The smallest absolute Gasteiger partial charge is 0.0991 e. The summed E-state index contributed by atoms with van der Waals surface area (Å²) in [5.41, 5.74) is 9.26. The fourth-order valence-electron chi connectivity index (χ4n) is 1.58. The largest absolute Gasteiger partial charge is 0.397 e. The molecule has 0 aliphatic carbocycles. The molecule has 0 aliphatic rings. The Morgan fingerprint density at radius 1 is 1.17 bits per heavy atom. The predicted molar refractivity (Wildman–Crippen MR) is 77.0 cm³/mol. The summed E-state index contributed by atoms with van der Waals surface area (Å²) in [4.78, 5) is 0. The molecule has 0 amide bonds. The number of nitriles is 1. The molecule has 0 heterocycles. The van der Waals surface area contributed by atoms with Crippen LogP contribution in [0.2, 0.25) is 0 Å². The molecule has 18 heavy (non-hydrogen) atoms. The number of rotatable bonds is 3. The highest BCUT2D eigenvalue weighted by atomic mass is 79.9. The molecule has 0 saturated carbocycles. The highest BCUT2D eigenvalue weighted by Gasteiger charge is 2.00. The van der Waals surface area contributed by atoms with Crippen molar-refractivity contribution >= 4 is 27.3 Å². The number of nitrogens with zero attached hydrogens (tertiary/aromatic N) is 1. The molecule has 0 radical (unpaired) electrons. The van der Waals surface area contributed by atoms with E-state index in [0.29, 0.717) is 17.8 Å². The van der Waals surface area contributed by atoms with Crippen LogP contribution in [0.1, 0.15) is 11.1 Å². The zero-order valence-electron chi connectivity index (χ0n) is 9.65. The summed E-state index contributed by atoms with van der Waals surface area (Å²) < 4.78 is 0.985. The van der Waals surface area contributed by atoms with Gasteiger partial charge in [0.15, 0.2) is 0 Å². The van der Waals surface area contributed by atoms with Crippen LogP contribution in [0, 0.1) is 11.3 Å². The Kier molecular flexibility index (Phi) is 3.85. The number of nitrogen functional groups attached to an aromatic ring is 1. The van der Waals surface area contributed by atoms with E-state index in [1.165, 1.54) is 0 Å². The Morgan fingerprint density at radius 2 is 1.89 bits per heavy atom. The van der Waals surface area contributed by atoms with Crippen molar-refractivity contribution in [3.63, 3.8) is 0 Å². The average molecular weight is 302 g/mol. The summed E-state index contributed by atoms with van der Waals surface area (Å²) in [6.45, 7) is 0.673. The number of anilines is 2. The summed E-state index contributed by atoms with van der Waals surface area (Å²) in [5.74, 6) is 0. The van der Waals surface area contributed by atoms with E-state index in [1.54, 1.807) is 12.1 Å². The number of nitrogens with one attached hydrogen (secondary N) is 1. The Balaban J connectivity index is 2.07. The van der Waals surface area contributed by atoms with Gasteiger partial charge in [-0.05, 0) is 35.9 Å². The van der Waals surface area contributed by atoms with Crippen molar-refractivity contribution in [2.45, 2.75) is 6.54 Å². The molecule has 0 aliphatic heterocycles. The minimum Gasteiger partial charge on any atom is -0.397 e. The summed E-state index contributed by atoms with van der Waals surface area (Å²) in [7, 11) is 0. The van der Waals surface area contributed by atoms with Crippen LogP contribution in [0.4, 0.5) is 11.4 Å². The van der Waals surface area contributed by atoms with Crippen molar-refractivity contribution in [3.05, 3.63) is 58.1 Å². The number of hydrogen-bond acceptors (Lipinski definition) is 3. The van der Waals surface area contributed by atoms with E-state index in [-0.39, 0.29) is 0 Å². The molecular weight excluding hydrogens is 290 g/mol. The molecule has 90 valence electrons. The van der Waals surface area contributed by atoms with Crippen LogP contribution < -0.4 is 11.1 Å². The van der Waals surface area contributed by atoms with Crippen LogP contribution in [-0.2, 0) is 6.54 Å². The third kappa shape index (κ3) is 3.02. The van der Waals surface area contributed by atoms with Crippen molar-refractivity contribution in [1.82, 2.24) is 0 Å². The van der Waals surface area contributed by atoms with Crippen molar-refractivity contribution in [1.29, 1.82) is 5.26 Å². The van der Waals surface area contributed by atoms with Gasteiger partial charge in [-0.25, -0.2) is 0 Å². The minimum atomic E-state index is 0.667. The molecule has 0 bridgehead atoms. The van der Waals surface area contributed by atoms with Crippen LogP contribution >= 0.6 is 15.9 Å². The minimum absolute atomic E-state index is 0.667. The van der Waals surface area contributed by atoms with Gasteiger partial charge in [0, 0.05) is 11.0 Å². The molecule has 3 nitrogen and oxygen atoms in total. The predicted octanol–water partition coefficient (Wildman–Crippen LogP) is 3.52. The lowest BCUT2D eigenvalue weighted by molar-refractivity contribution is 1.15. The molecule has 0 atom stereocenters. The van der Waals surface area contributed by atoms with Gasteiger partial charge in [-0.3, -0.25) is 0 Å². The fraction of sp³-hybridized carbons (Fsp3) is 0.0714. The topological polar surface area (TPSA) is 61.8 Å². The maximum absolute atomic E-state index is 8.72. The fourth-order valence-corrected chi connectivity index (χ4v) is 1.94. The van der Waals surface area contributed by atoms with Crippen LogP contribution in [0.15, 0.2) is 46.9 Å². The number of nitrogens with two attached hydrogens (primary N) is 1. The molecule has 0 unspecified atom stereocenters. The first-order chi connectivity index (χ1) is 8.69. The molecule has 2 aromatic carbocycles. The highest BCUT2D eigenvalue weighted by molar-refractivity contribution is 9.10. The van der Waals surface area contributed by atoms with Crippen LogP contribution in [0.25, 0.3) is 0 Å². The zero-order valence-corrected chi connectivity index (χ0v) is 11.2. The lowest BCUT2D eigenvalue weighted by Gasteiger charge is -2.09. The lowest BCUT2D eigenvalue weighted by Crippen LogP contribution is -2.02. The molecule has 0 aromatic heterocycles. The Morgan fingerprint density at radius 3 is 2.56 bits per heavy atom. The number of halogens is 1. The Bertz CT molecular complexity index is 585. The Hall–Kier alpha value is -1.99. The molecule has 2 rings (SSSR count). The van der Waals surface area contributed by atoms with Crippen LogP contribution in [-0.4, -0.2) is 0 Å². The molecule has 2 aromatic rings. The Labute approximate surface area is 114 Å². The normalized spacial score (nSPS) is 9.78. The van der Waals surface area contributed by atoms with Crippen LogP contribution in [0.3, 0.4) is 0 Å². The zero-order chi connectivity index (χ0) is 13.0. The monoisotopic (exact) mass is 301 g/mol. The first-order valence-electron chi connectivity index (χ1n) is 5.47. The van der Waals surface area contributed by atoms with Gasteiger partial charge in [0.25, 0.3) is 0 Å². The molecular formula is C14H12BrN3. The second-order valence-corrected chi connectivity index (χ2v) is 4.81. The SMILES string of the molecule is N#Cc1ccc(CNc2cc(Br)ccc2N)cc1. The maximum Gasteiger partial charge on any atom is 0.0991 e.